The summed E-state index contributed by atoms with van der Waals surface area (Å²) in [5, 5.41) is 13.1. The van der Waals surface area contributed by atoms with Crippen LogP contribution >= 0.6 is 23.2 Å². The minimum absolute atomic E-state index is 0.198. The van der Waals surface area contributed by atoms with E-state index in [-0.39, 0.29) is 30.0 Å². The van der Waals surface area contributed by atoms with Gasteiger partial charge in [-0.15, -0.1) is 0 Å². The molecule has 3 aromatic rings. The molecule has 0 spiro atoms. The number of rotatable bonds is 9. The lowest BCUT2D eigenvalue weighted by molar-refractivity contribution is -0.153. The van der Waals surface area contributed by atoms with Crippen molar-refractivity contribution in [2.24, 2.45) is 0 Å². The highest BCUT2D eigenvalue weighted by Gasteiger charge is 2.21. The Morgan fingerprint density at radius 2 is 1.91 bits per heavy atom. The van der Waals surface area contributed by atoms with Crippen LogP contribution in [0.4, 0.5) is 0 Å². The van der Waals surface area contributed by atoms with E-state index in [2.05, 4.69) is 5.32 Å². The SMILES string of the molecule is CC(C)OC(Cc1ccc(-c2ccoc2)c(CNC(=O)c2ccc(Cl)cc2Cl)c1)C(=O)O. The number of carboxylic acid groups (broad SMARTS) is 1. The van der Waals surface area contributed by atoms with Gasteiger partial charge in [-0.25, -0.2) is 4.79 Å². The van der Waals surface area contributed by atoms with Crippen molar-refractivity contribution in [1.82, 2.24) is 5.32 Å². The van der Waals surface area contributed by atoms with Gasteiger partial charge in [0, 0.05) is 23.6 Å². The van der Waals surface area contributed by atoms with Crippen LogP contribution in [0.25, 0.3) is 11.1 Å². The summed E-state index contributed by atoms with van der Waals surface area (Å²) in [6, 6.07) is 12.1. The van der Waals surface area contributed by atoms with Crippen molar-refractivity contribution < 1.29 is 23.8 Å². The average Bonchev–Trinajstić information content (AvgIpc) is 3.26. The predicted octanol–water partition coefficient (Wildman–Crippen LogP) is 5.60. The van der Waals surface area contributed by atoms with Crippen molar-refractivity contribution in [3.63, 3.8) is 0 Å². The van der Waals surface area contributed by atoms with Crippen LogP contribution < -0.4 is 5.32 Å². The molecule has 1 heterocycles. The highest BCUT2D eigenvalue weighted by Crippen LogP contribution is 2.27. The van der Waals surface area contributed by atoms with Crippen LogP contribution in [-0.2, 0) is 22.5 Å². The molecule has 0 fully saturated rings. The van der Waals surface area contributed by atoms with Gasteiger partial charge in [-0.05, 0) is 54.8 Å². The van der Waals surface area contributed by atoms with E-state index in [0.29, 0.717) is 10.6 Å². The van der Waals surface area contributed by atoms with Crippen molar-refractivity contribution >= 4 is 35.1 Å². The Morgan fingerprint density at radius 1 is 1.12 bits per heavy atom. The third kappa shape index (κ3) is 6.13. The van der Waals surface area contributed by atoms with Gasteiger partial charge >= 0.3 is 5.97 Å². The number of carbonyl (C=O) groups excluding carboxylic acids is 1. The standard InChI is InChI=1S/C24H23Cl2NO5/c1-14(2)32-22(24(29)30)10-15-3-5-19(16-7-8-31-13-16)17(9-15)12-27-23(28)20-6-4-18(25)11-21(20)26/h3-9,11,13-14,22H,10,12H2,1-2H3,(H,27,28)(H,29,30). The largest absolute Gasteiger partial charge is 0.479 e. The molecule has 2 N–H and O–H groups in total. The molecular weight excluding hydrogens is 453 g/mol. The quantitative estimate of drug-likeness (QED) is 0.420. The van der Waals surface area contributed by atoms with Crippen molar-refractivity contribution in [2.75, 3.05) is 0 Å². The van der Waals surface area contributed by atoms with Gasteiger partial charge in [-0.2, -0.15) is 0 Å². The molecule has 0 aliphatic carbocycles. The molecule has 6 nitrogen and oxygen atoms in total. The first-order valence-electron chi connectivity index (χ1n) is 10.0. The second-order valence-electron chi connectivity index (χ2n) is 7.53. The van der Waals surface area contributed by atoms with E-state index in [9.17, 15) is 14.7 Å². The second kappa shape index (κ2) is 10.7. The zero-order valence-electron chi connectivity index (χ0n) is 17.6. The van der Waals surface area contributed by atoms with Gasteiger partial charge in [0.05, 0.1) is 29.2 Å². The first-order chi connectivity index (χ1) is 15.2. The predicted molar refractivity (Wildman–Crippen MR) is 123 cm³/mol. The second-order valence-corrected chi connectivity index (χ2v) is 8.37. The first-order valence-corrected chi connectivity index (χ1v) is 10.8. The number of carbonyl (C=O) groups is 2. The lowest BCUT2D eigenvalue weighted by atomic mass is 9.96. The van der Waals surface area contributed by atoms with Gasteiger partial charge in [-0.1, -0.05) is 41.4 Å². The lowest BCUT2D eigenvalue weighted by Crippen LogP contribution is -2.29. The Kier molecular flexibility index (Phi) is 7.96. The van der Waals surface area contributed by atoms with Gasteiger partial charge in [0.1, 0.15) is 0 Å². The van der Waals surface area contributed by atoms with Gasteiger partial charge in [-0.3, -0.25) is 4.79 Å². The Morgan fingerprint density at radius 3 is 2.53 bits per heavy atom. The molecule has 2 aromatic carbocycles. The van der Waals surface area contributed by atoms with Crippen LogP contribution in [-0.4, -0.2) is 29.2 Å². The number of ether oxygens (including phenoxy) is 1. The normalized spacial score (nSPS) is 12.0. The fourth-order valence-corrected chi connectivity index (χ4v) is 3.79. The Balaban J connectivity index is 1.85. The maximum absolute atomic E-state index is 12.7. The summed E-state index contributed by atoms with van der Waals surface area (Å²) in [5.74, 6) is -1.37. The van der Waals surface area contributed by atoms with Crippen LogP contribution in [0.15, 0.2) is 59.4 Å². The molecule has 1 aromatic heterocycles. The molecule has 168 valence electrons. The van der Waals surface area contributed by atoms with Crippen molar-refractivity contribution in [3.05, 3.63) is 81.7 Å². The fourth-order valence-electron chi connectivity index (χ4n) is 3.30. The molecule has 1 amide bonds. The van der Waals surface area contributed by atoms with E-state index in [1.807, 2.05) is 24.3 Å². The van der Waals surface area contributed by atoms with Crippen LogP contribution in [0.3, 0.4) is 0 Å². The number of benzene rings is 2. The lowest BCUT2D eigenvalue weighted by Gasteiger charge is -2.18. The summed E-state index contributed by atoms with van der Waals surface area (Å²) in [6.07, 6.45) is 2.19. The van der Waals surface area contributed by atoms with Gasteiger partial charge in [0.15, 0.2) is 6.10 Å². The maximum Gasteiger partial charge on any atom is 0.333 e. The van der Waals surface area contributed by atoms with Crippen molar-refractivity contribution in [2.45, 2.75) is 39.0 Å². The van der Waals surface area contributed by atoms with E-state index in [1.165, 1.54) is 6.07 Å². The maximum atomic E-state index is 12.7. The molecule has 8 heteroatoms. The Labute approximate surface area is 196 Å². The number of carboxylic acids is 1. The zero-order chi connectivity index (χ0) is 23.3. The fraction of sp³-hybridized carbons (Fsp3) is 0.250. The Bertz CT molecular complexity index is 1100. The van der Waals surface area contributed by atoms with Gasteiger partial charge < -0.3 is 19.6 Å². The van der Waals surface area contributed by atoms with Crippen molar-refractivity contribution in [3.8, 4) is 11.1 Å². The van der Waals surface area contributed by atoms with E-state index >= 15 is 0 Å². The van der Waals surface area contributed by atoms with E-state index in [4.69, 9.17) is 32.4 Å². The molecule has 1 atom stereocenters. The van der Waals surface area contributed by atoms with Crippen molar-refractivity contribution in [1.29, 1.82) is 0 Å². The van der Waals surface area contributed by atoms with Crippen LogP contribution in [0.1, 0.15) is 35.3 Å². The van der Waals surface area contributed by atoms with Crippen LogP contribution in [0.2, 0.25) is 10.0 Å². The summed E-state index contributed by atoms with van der Waals surface area (Å²) < 4.78 is 10.7. The topological polar surface area (TPSA) is 88.8 Å². The van der Waals surface area contributed by atoms with Gasteiger partial charge in [0.2, 0.25) is 0 Å². The van der Waals surface area contributed by atoms with Gasteiger partial charge in [0.25, 0.3) is 5.91 Å². The molecule has 32 heavy (non-hydrogen) atoms. The van der Waals surface area contributed by atoms with E-state index < -0.39 is 12.1 Å². The zero-order valence-corrected chi connectivity index (χ0v) is 19.1. The van der Waals surface area contributed by atoms with Crippen LogP contribution in [0, 0.1) is 0 Å². The number of aliphatic carboxylic acids is 1. The van der Waals surface area contributed by atoms with Crippen LogP contribution in [0.5, 0.6) is 0 Å². The summed E-state index contributed by atoms with van der Waals surface area (Å²) in [5.41, 5.74) is 3.60. The molecule has 0 aliphatic heterocycles. The number of amides is 1. The molecule has 3 rings (SSSR count). The summed E-state index contributed by atoms with van der Waals surface area (Å²) in [6.45, 7) is 3.79. The summed E-state index contributed by atoms with van der Waals surface area (Å²) in [4.78, 5) is 24.3. The molecule has 0 bridgehead atoms. The molecule has 0 radical (unpaired) electrons. The highest BCUT2D eigenvalue weighted by atomic mass is 35.5. The third-order valence-electron chi connectivity index (χ3n) is 4.75. The monoisotopic (exact) mass is 475 g/mol. The minimum atomic E-state index is -1.02. The molecule has 0 saturated heterocycles. The molecular formula is C24H23Cl2NO5. The number of nitrogens with one attached hydrogen (secondary N) is 1. The average molecular weight is 476 g/mol. The molecule has 1 unspecified atom stereocenters. The molecule has 0 saturated carbocycles. The first kappa shape index (κ1) is 23.9. The smallest absolute Gasteiger partial charge is 0.333 e. The number of furan rings is 1. The number of hydrogen-bond donors (Lipinski definition) is 2. The number of halogens is 2. The summed E-state index contributed by atoms with van der Waals surface area (Å²) in [7, 11) is 0. The minimum Gasteiger partial charge on any atom is -0.479 e. The van der Waals surface area contributed by atoms with E-state index in [0.717, 1.165) is 22.3 Å². The third-order valence-corrected chi connectivity index (χ3v) is 5.30. The van der Waals surface area contributed by atoms with E-state index in [1.54, 1.807) is 38.5 Å². The highest BCUT2D eigenvalue weighted by molar-refractivity contribution is 6.36. The summed E-state index contributed by atoms with van der Waals surface area (Å²) >= 11 is 12.1. The molecule has 0 aliphatic rings. The Hall–Kier alpha value is -2.80. The number of hydrogen-bond acceptors (Lipinski definition) is 4.